The highest BCUT2D eigenvalue weighted by molar-refractivity contribution is 4.55. The van der Waals surface area contributed by atoms with Gasteiger partial charge in [-0.25, -0.2) is 0 Å². The van der Waals surface area contributed by atoms with Crippen LogP contribution in [0.25, 0.3) is 0 Å². The second-order valence-electron chi connectivity index (χ2n) is 4.72. The highest BCUT2D eigenvalue weighted by Crippen LogP contribution is 2.14. The molecule has 0 bridgehead atoms. The van der Waals surface area contributed by atoms with E-state index in [1.807, 2.05) is 0 Å². The van der Waals surface area contributed by atoms with E-state index in [1.165, 1.54) is 57.8 Å². The maximum atomic E-state index is 9.03. The summed E-state index contributed by atoms with van der Waals surface area (Å²) in [6, 6.07) is 0. The lowest BCUT2D eigenvalue weighted by Gasteiger charge is -2.10. The fourth-order valence-electron chi connectivity index (χ4n) is 1.99. The Bertz CT molecular complexity index is 108. The summed E-state index contributed by atoms with van der Waals surface area (Å²) in [5.41, 5.74) is 0. The molecule has 0 aliphatic carbocycles. The zero-order chi connectivity index (χ0) is 11.4. The molecular weight excluding hydrogens is 184 g/mol. The number of rotatable bonds is 11. The molecule has 1 heteroatoms. The average Bonchev–Trinajstić information content (AvgIpc) is 2.27. The molecule has 0 fully saturated rings. The molecule has 0 aromatic heterocycles. The first-order chi connectivity index (χ1) is 7.35. The zero-order valence-electron chi connectivity index (χ0n) is 10.8. The van der Waals surface area contributed by atoms with E-state index in [4.69, 9.17) is 5.11 Å². The van der Waals surface area contributed by atoms with Crippen LogP contribution in [0.5, 0.6) is 0 Å². The Morgan fingerprint density at radius 2 is 1.33 bits per heavy atom. The van der Waals surface area contributed by atoms with E-state index >= 15 is 0 Å². The molecule has 0 radical (unpaired) electrons. The quantitative estimate of drug-likeness (QED) is 0.501. The molecule has 0 rings (SSSR count). The first kappa shape index (κ1) is 15.0. The fraction of sp³-hybridized carbons (Fsp3) is 1.00. The summed E-state index contributed by atoms with van der Waals surface area (Å²) >= 11 is 0. The topological polar surface area (TPSA) is 20.2 Å². The van der Waals surface area contributed by atoms with Gasteiger partial charge in [-0.2, -0.15) is 0 Å². The second kappa shape index (κ2) is 12.0. The van der Waals surface area contributed by atoms with Crippen molar-refractivity contribution in [2.45, 2.75) is 78.1 Å². The third kappa shape index (κ3) is 10.2. The molecule has 0 saturated carbocycles. The minimum Gasteiger partial charge on any atom is -0.396 e. The highest BCUT2D eigenvalue weighted by Gasteiger charge is 2.03. The molecule has 1 atom stereocenters. The molecular formula is C14H30O. The van der Waals surface area contributed by atoms with E-state index in [2.05, 4.69) is 13.8 Å². The number of aliphatic hydroxyl groups is 1. The Labute approximate surface area is 96.3 Å². The predicted octanol–water partition coefficient (Wildman–Crippen LogP) is 4.54. The summed E-state index contributed by atoms with van der Waals surface area (Å²) in [5, 5.41) is 9.03. The highest BCUT2D eigenvalue weighted by atomic mass is 16.3. The molecule has 0 aromatic rings. The summed E-state index contributed by atoms with van der Waals surface area (Å²) in [6.07, 6.45) is 13.4. The van der Waals surface area contributed by atoms with E-state index in [-0.39, 0.29) is 0 Å². The van der Waals surface area contributed by atoms with Gasteiger partial charge < -0.3 is 5.11 Å². The van der Waals surface area contributed by atoms with Crippen LogP contribution in [0.1, 0.15) is 78.1 Å². The summed E-state index contributed by atoms with van der Waals surface area (Å²) in [4.78, 5) is 0. The number of hydrogen-bond acceptors (Lipinski definition) is 1. The summed E-state index contributed by atoms with van der Waals surface area (Å²) in [5.74, 6) is 0.560. The van der Waals surface area contributed by atoms with Crippen LogP contribution in [-0.4, -0.2) is 11.7 Å². The normalized spacial score (nSPS) is 13.0. The third-order valence-corrected chi connectivity index (χ3v) is 3.30. The molecule has 0 amide bonds. The van der Waals surface area contributed by atoms with Crippen molar-refractivity contribution in [2.75, 3.05) is 6.61 Å². The van der Waals surface area contributed by atoms with Gasteiger partial charge in [0.25, 0.3) is 0 Å². The second-order valence-corrected chi connectivity index (χ2v) is 4.72. The van der Waals surface area contributed by atoms with Gasteiger partial charge in [0.1, 0.15) is 0 Å². The predicted molar refractivity (Wildman–Crippen MR) is 68.1 cm³/mol. The van der Waals surface area contributed by atoms with Gasteiger partial charge in [0.15, 0.2) is 0 Å². The van der Waals surface area contributed by atoms with E-state index < -0.39 is 0 Å². The van der Waals surface area contributed by atoms with Crippen LogP contribution in [0, 0.1) is 5.92 Å². The van der Waals surface area contributed by atoms with Crippen molar-refractivity contribution >= 4 is 0 Å². The first-order valence-electron chi connectivity index (χ1n) is 6.96. The molecule has 0 aliphatic rings. The van der Waals surface area contributed by atoms with Crippen molar-refractivity contribution in [3.63, 3.8) is 0 Å². The minimum atomic E-state index is 0.382. The number of hydrogen-bond donors (Lipinski definition) is 1. The largest absolute Gasteiger partial charge is 0.396 e. The van der Waals surface area contributed by atoms with Gasteiger partial charge in [-0.15, -0.1) is 0 Å². The average molecular weight is 214 g/mol. The SMILES string of the molecule is CCCCCCCCCCC(CC)CO. The standard InChI is InChI=1S/C14H30O/c1-3-5-6-7-8-9-10-11-12-14(4-2)13-15/h14-15H,3-13H2,1-2H3. The van der Waals surface area contributed by atoms with Gasteiger partial charge in [0.05, 0.1) is 0 Å². The molecule has 0 aliphatic heterocycles. The smallest absolute Gasteiger partial charge is 0.0459 e. The lowest BCUT2D eigenvalue weighted by Crippen LogP contribution is -2.03. The van der Waals surface area contributed by atoms with Gasteiger partial charge in [-0.1, -0.05) is 71.6 Å². The van der Waals surface area contributed by atoms with Crippen LogP contribution < -0.4 is 0 Å². The van der Waals surface area contributed by atoms with Crippen molar-refractivity contribution in [3.8, 4) is 0 Å². The fourth-order valence-corrected chi connectivity index (χ4v) is 1.99. The van der Waals surface area contributed by atoms with E-state index in [1.54, 1.807) is 0 Å². The van der Waals surface area contributed by atoms with Crippen molar-refractivity contribution in [3.05, 3.63) is 0 Å². The van der Waals surface area contributed by atoms with Crippen LogP contribution in [0.15, 0.2) is 0 Å². The lowest BCUT2D eigenvalue weighted by atomic mass is 9.98. The van der Waals surface area contributed by atoms with Gasteiger partial charge in [0.2, 0.25) is 0 Å². The molecule has 0 saturated heterocycles. The Morgan fingerprint density at radius 3 is 1.80 bits per heavy atom. The van der Waals surface area contributed by atoms with Gasteiger partial charge >= 0.3 is 0 Å². The molecule has 92 valence electrons. The molecule has 0 heterocycles. The lowest BCUT2D eigenvalue weighted by molar-refractivity contribution is 0.211. The molecule has 1 N–H and O–H groups in total. The Hall–Kier alpha value is -0.0400. The monoisotopic (exact) mass is 214 g/mol. The zero-order valence-corrected chi connectivity index (χ0v) is 10.8. The summed E-state index contributed by atoms with van der Waals surface area (Å²) in [6.45, 7) is 4.82. The van der Waals surface area contributed by atoms with E-state index in [9.17, 15) is 0 Å². The molecule has 0 spiro atoms. The van der Waals surface area contributed by atoms with Crippen molar-refractivity contribution in [1.29, 1.82) is 0 Å². The van der Waals surface area contributed by atoms with Crippen molar-refractivity contribution < 1.29 is 5.11 Å². The van der Waals surface area contributed by atoms with Crippen LogP contribution >= 0.6 is 0 Å². The van der Waals surface area contributed by atoms with Crippen LogP contribution in [0.2, 0.25) is 0 Å². The molecule has 1 nitrogen and oxygen atoms in total. The molecule has 0 aromatic carbocycles. The summed E-state index contributed by atoms with van der Waals surface area (Å²) in [7, 11) is 0. The first-order valence-corrected chi connectivity index (χ1v) is 6.96. The summed E-state index contributed by atoms with van der Waals surface area (Å²) < 4.78 is 0. The maximum Gasteiger partial charge on any atom is 0.0459 e. The van der Waals surface area contributed by atoms with Crippen LogP contribution in [0.3, 0.4) is 0 Å². The minimum absolute atomic E-state index is 0.382. The Kier molecular flexibility index (Phi) is 12.0. The molecule has 1 unspecified atom stereocenters. The van der Waals surface area contributed by atoms with E-state index in [0.29, 0.717) is 12.5 Å². The van der Waals surface area contributed by atoms with Crippen molar-refractivity contribution in [1.82, 2.24) is 0 Å². The van der Waals surface area contributed by atoms with Gasteiger partial charge in [-0.05, 0) is 12.3 Å². The van der Waals surface area contributed by atoms with Crippen molar-refractivity contribution in [2.24, 2.45) is 5.92 Å². The van der Waals surface area contributed by atoms with Crippen LogP contribution in [0.4, 0.5) is 0 Å². The number of unbranched alkanes of at least 4 members (excludes halogenated alkanes) is 7. The van der Waals surface area contributed by atoms with Gasteiger partial charge in [0, 0.05) is 6.61 Å². The number of aliphatic hydroxyl groups excluding tert-OH is 1. The molecule has 15 heavy (non-hydrogen) atoms. The Morgan fingerprint density at radius 1 is 0.800 bits per heavy atom. The third-order valence-electron chi connectivity index (χ3n) is 3.30. The van der Waals surface area contributed by atoms with Gasteiger partial charge in [-0.3, -0.25) is 0 Å². The Balaban J connectivity index is 3.04. The van der Waals surface area contributed by atoms with E-state index in [0.717, 1.165) is 6.42 Å². The maximum absolute atomic E-state index is 9.03. The van der Waals surface area contributed by atoms with Crippen LogP contribution in [-0.2, 0) is 0 Å².